The predicted octanol–water partition coefficient (Wildman–Crippen LogP) is 2.56. The number of phenolic OH excluding ortho intramolecular Hbond substituents is 1. The first-order valence-electron chi connectivity index (χ1n) is 5.82. The van der Waals surface area contributed by atoms with Crippen molar-refractivity contribution in [2.75, 3.05) is 6.54 Å². The molecule has 0 spiro atoms. The number of unbranched alkanes of at least 4 members (excludes halogenated alkanes) is 1. The van der Waals surface area contributed by atoms with Gasteiger partial charge in [0.25, 0.3) is 0 Å². The molecule has 0 heterocycles. The molecule has 17 heavy (non-hydrogen) atoms. The minimum Gasteiger partial charge on any atom is -0.507 e. The maximum absolute atomic E-state index is 9.67. The minimum atomic E-state index is 0. The SMILES string of the molecule is Cc1cc([C@@H](N)CCCCN)cc(C)c1O.Cl. The fourth-order valence-electron chi connectivity index (χ4n) is 1.88. The minimum absolute atomic E-state index is 0. The Morgan fingerprint density at radius 3 is 2.18 bits per heavy atom. The van der Waals surface area contributed by atoms with Gasteiger partial charge in [-0.25, -0.2) is 0 Å². The number of phenols is 1. The van der Waals surface area contributed by atoms with Crippen molar-refractivity contribution in [3.8, 4) is 5.75 Å². The van der Waals surface area contributed by atoms with Gasteiger partial charge < -0.3 is 16.6 Å². The average Bonchev–Trinajstić information content (AvgIpc) is 2.25. The zero-order chi connectivity index (χ0) is 12.1. The second-order valence-corrected chi connectivity index (χ2v) is 4.39. The summed E-state index contributed by atoms with van der Waals surface area (Å²) in [5.74, 6) is 0.373. The van der Waals surface area contributed by atoms with Gasteiger partial charge in [0.2, 0.25) is 0 Å². The van der Waals surface area contributed by atoms with E-state index in [1.165, 1.54) is 0 Å². The standard InChI is InChI=1S/C13H22N2O.ClH/c1-9-7-11(8-10(2)13(9)16)12(15)5-3-4-6-14;/h7-8,12,16H,3-6,14-15H2,1-2H3;1H/t12-;/m0./s1. The lowest BCUT2D eigenvalue weighted by atomic mass is 9.97. The van der Waals surface area contributed by atoms with Crippen molar-refractivity contribution in [2.45, 2.75) is 39.2 Å². The van der Waals surface area contributed by atoms with Crippen LogP contribution in [0.25, 0.3) is 0 Å². The molecule has 0 aromatic heterocycles. The highest BCUT2D eigenvalue weighted by Crippen LogP contribution is 2.27. The van der Waals surface area contributed by atoms with E-state index in [-0.39, 0.29) is 18.4 Å². The van der Waals surface area contributed by atoms with Gasteiger partial charge in [-0.1, -0.05) is 18.6 Å². The summed E-state index contributed by atoms with van der Waals surface area (Å²) in [6, 6.07) is 3.98. The summed E-state index contributed by atoms with van der Waals surface area (Å²) in [6.45, 7) is 4.53. The third-order valence-corrected chi connectivity index (χ3v) is 2.91. The average molecular weight is 259 g/mol. The lowest BCUT2D eigenvalue weighted by Crippen LogP contribution is -2.11. The Hall–Kier alpha value is -0.770. The van der Waals surface area contributed by atoms with E-state index in [4.69, 9.17) is 11.5 Å². The maximum Gasteiger partial charge on any atom is 0.121 e. The van der Waals surface area contributed by atoms with Crippen LogP contribution >= 0.6 is 12.4 Å². The Morgan fingerprint density at radius 1 is 1.18 bits per heavy atom. The molecule has 3 nitrogen and oxygen atoms in total. The normalized spacial score (nSPS) is 12.0. The van der Waals surface area contributed by atoms with Gasteiger partial charge >= 0.3 is 0 Å². The maximum atomic E-state index is 9.67. The van der Waals surface area contributed by atoms with Gasteiger partial charge in [0.15, 0.2) is 0 Å². The lowest BCUT2D eigenvalue weighted by molar-refractivity contribution is 0.466. The van der Waals surface area contributed by atoms with Crippen LogP contribution in [0.4, 0.5) is 0 Å². The third-order valence-electron chi connectivity index (χ3n) is 2.91. The van der Waals surface area contributed by atoms with Crippen LogP contribution in [0, 0.1) is 13.8 Å². The first kappa shape index (κ1) is 16.2. The molecule has 0 saturated heterocycles. The smallest absolute Gasteiger partial charge is 0.121 e. The number of hydrogen-bond acceptors (Lipinski definition) is 3. The molecule has 1 atom stereocenters. The number of nitrogens with two attached hydrogens (primary N) is 2. The Labute approximate surface area is 110 Å². The summed E-state index contributed by atoms with van der Waals surface area (Å²) >= 11 is 0. The molecule has 0 aliphatic rings. The predicted molar refractivity (Wildman–Crippen MR) is 74.7 cm³/mol. The molecule has 0 fully saturated rings. The van der Waals surface area contributed by atoms with Crippen LogP contribution in [-0.4, -0.2) is 11.7 Å². The van der Waals surface area contributed by atoms with Gasteiger partial charge in [0.05, 0.1) is 0 Å². The number of aryl methyl sites for hydroxylation is 2. The Morgan fingerprint density at radius 2 is 1.71 bits per heavy atom. The summed E-state index contributed by atoms with van der Waals surface area (Å²) in [5, 5.41) is 9.67. The summed E-state index contributed by atoms with van der Waals surface area (Å²) in [7, 11) is 0. The van der Waals surface area contributed by atoms with Crippen molar-refractivity contribution >= 4 is 12.4 Å². The topological polar surface area (TPSA) is 72.3 Å². The van der Waals surface area contributed by atoms with Gasteiger partial charge in [-0.3, -0.25) is 0 Å². The highest BCUT2D eigenvalue weighted by atomic mass is 35.5. The molecule has 1 rings (SSSR count). The number of benzene rings is 1. The highest BCUT2D eigenvalue weighted by molar-refractivity contribution is 5.85. The van der Waals surface area contributed by atoms with Crippen molar-refractivity contribution in [1.82, 2.24) is 0 Å². The van der Waals surface area contributed by atoms with Crippen molar-refractivity contribution < 1.29 is 5.11 Å². The van der Waals surface area contributed by atoms with E-state index in [2.05, 4.69) is 0 Å². The van der Waals surface area contributed by atoms with Gasteiger partial charge in [-0.15, -0.1) is 12.4 Å². The quantitative estimate of drug-likeness (QED) is 0.711. The van der Waals surface area contributed by atoms with Crippen molar-refractivity contribution in [3.63, 3.8) is 0 Å². The summed E-state index contributed by atoms with van der Waals surface area (Å²) in [4.78, 5) is 0. The molecule has 4 heteroatoms. The Kier molecular flexibility index (Phi) is 7.19. The number of aromatic hydroxyl groups is 1. The Bertz CT molecular complexity index is 332. The van der Waals surface area contributed by atoms with Gasteiger partial charge in [-0.2, -0.15) is 0 Å². The molecule has 0 radical (unpaired) electrons. The summed E-state index contributed by atoms with van der Waals surface area (Å²) in [5.41, 5.74) is 14.4. The van der Waals surface area contributed by atoms with Crippen molar-refractivity contribution in [1.29, 1.82) is 0 Å². The van der Waals surface area contributed by atoms with Gasteiger partial charge in [-0.05, 0) is 49.9 Å². The van der Waals surface area contributed by atoms with E-state index in [0.29, 0.717) is 5.75 Å². The van der Waals surface area contributed by atoms with Crippen LogP contribution in [0.1, 0.15) is 42.0 Å². The van der Waals surface area contributed by atoms with Crippen molar-refractivity contribution in [3.05, 3.63) is 28.8 Å². The van der Waals surface area contributed by atoms with Crippen LogP contribution in [0.3, 0.4) is 0 Å². The molecule has 0 saturated carbocycles. The monoisotopic (exact) mass is 258 g/mol. The zero-order valence-corrected chi connectivity index (χ0v) is 11.4. The van der Waals surface area contributed by atoms with E-state index >= 15 is 0 Å². The molecule has 5 N–H and O–H groups in total. The lowest BCUT2D eigenvalue weighted by Gasteiger charge is -2.14. The van der Waals surface area contributed by atoms with E-state index in [9.17, 15) is 5.11 Å². The van der Waals surface area contributed by atoms with E-state index in [1.807, 2.05) is 26.0 Å². The highest BCUT2D eigenvalue weighted by Gasteiger charge is 2.09. The fraction of sp³-hybridized carbons (Fsp3) is 0.538. The molecule has 0 unspecified atom stereocenters. The second kappa shape index (κ2) is 7.54. The first-order chi connectivity index (χ1) is 7.56. The molecule has 0 aliphatic carbocycles. The molecule has 0 bridgehead atoms. The zero-order valence-electron chi connectivity index (χ0n) is 10.6. The summed E-state index contributed by atoms with van der Waals surface area (Å²) in [6.07, 6.45) is 3.02. The van der Waals surface area contributed by atoms with E-state index < -0.39 is 0 Å². The van der Waals surface area contributed by atoms with E-state index in [0.717, 1.165) is 42.5 Å². The molecule has 1 aromatic carbocycles. The van der Waals surface area contributed by atoms with Crippen LogP contribution in [-0.2, 0) is 0 Å². The first-order valence-corrected chi connectivity index (χ1v) is 5.82. The van der Waals surface area contributed by atoms with Crippen LogP contribution in [0.5, 0.6) is 5.75 Å². The van der Waals surface area contributed by atoms with Crippen molar-refractivity contribution in [2.24, 2.45) is 11.5 Å². The van der Waals surface area contributed by atoms with Crippen LogP contribution in [0.15, 0.2) is 12.1 Å². The van der Waals surface area contributed by atoms with E-state index in [1.54, 1.807) is 0 Å². The number of halogens is 1. The molecule has 98 valence electrons. The number of rotatable bonds is 5. The number of hydrogen-bond donors (Lipinski definition) is 3. The van der Waals surface area contributed by atoms with Crippen LogP contribution < -0.4 is 11.5 Å². The molecule has 1 aromatic rings. The van der Waals surface area contributed by atoms with Gasteiger partial charge in [0, 0.05) is 6.04 Å². The third kappa shape index (κ3) is 4.54. The fourth-order valence-corrected chi connectivity index (χ4v) is 1.88. The van der Waals surface area contributed by atoms with Crippen LogP contribution in [0.2, 0.25) is 0 Å². The molecular weight excluding hydrogens is 236 g/mol. The van der Waals surface area contributed by atoms with Gasteiger partial charge in [0.1, 0.15) is 5.75 Å². The molecule has 0 amide bonds. The second-order valence-electron chi connectivity index (χ2n) is 4.39. The largest absolute Gasteiger partial charge is 0.507 e. The summed E-state index contributed by atoms with van der Waals surface area (Å²) < 4.78 is 0. The molecular formula is C13H23ClN2O. The Balaban J connectivity index is 0.00000256. The molecule has 0 aliphatic heterocycles.